The van der Waals surface area contributed by atoms with Gasteiger partial charge in [0.05, 0.1) is 5.25 Å². The smallest absolute Gasteiger partial charge is 0.321 e. The Morgan fingerprint density at radius 2 is 2.00 bits per heavy atom. The van der Waals surface area contributed by atoms with E-state index in [0.29, 0.717) is 0 Å². The van der Waals surface area contributed by atoms with Crippen molar-refractivity contribution in [3.63, 3.8) is 0 Å². The average molecular weight is 252 g/mol. The van der Waals surface area contributed by atoms with Crippen LogP contribution in [-0.2, 0) is 9.59 Å². The fraction of sp³-hybridized carbons (Fsp3) is 0.750. The molecule has 0 aliphatic rings. The molecule has 6 N–H and O–H groups in total. The molecule has 0 radical (unpaired) electrons. The number of rotatable bonds is 7. The first-order chi connectivity index (χ1) is 7.38. The largest absolute Gasteiger partial charge is 0.480 e. The highest BCUT2D eigenvalue weighted by Gasteiger charge is 2.23. The van der Waals surface area contributed by atoms with Crippen LogP contribution in [-0.4, -0.2) is 57.6 Å². The standard InChI is InChI=1S/C8H16N2O5S/c1-10-7(13)5(2-6(11)12)16-3-4(9)8(14)15/h4-6,11-12H,2-3,9H2,1H3,(H,10,13)(H,14,15). The van der Waals surface area contributed by atoms with E-state index in [9.17, 15) is 9.59 Å². The average Bonchev–Trinajstić information content (AvgIpc) is 2.21. The SMILES string of the molecule is CNC(=O)C(CC(O)O)SCC(N)C(=O)O. The van der Waals surface area contributed by atoms with Crippen LogP contribution >= 0.6 is 11.8 Å². The summed E-state index contributed by atoms with van der Waals surface area (Å²) in [4.78, 5) is 21.7. The number of aliphatic hydroxyl groups excluding tert-OH is 1. The summed E-state index contributed by atoms with van der Waals surface area (Å²) < 4.78 is 0. The van der Waals surface area contributed by atoms with Gasteiger partial charge in [-0.05, 0) is 0 Å². The molecule has 0 aromatic carbocycles. The summed E-state index contributed by atoms with van der Waals surface area (Å²) in [5.41, 5.74) is 5.26. The lowest BCUT2D eigenvalue weighted by Crippen LogP contribution is -2.37. The van der Waals surface area contributed by atoms with Crippen molar-refractivity contribution < 1.29 is 24.9 Å². The summed E-state index contributed by atoms with van der Waals surface area (Å²) in [5, 5.41) is 27.7. The highest BCUT2D eigenvalue weighted by Crippen LogP contribution is 2.17. The number of carbonyl (C=O) groups excluding carboxylic acids is 1. The maximum atomic E-state index is 11.3. The molecule has 2 unspecified atom stereocenters. The molecule has 0 saturated heterocycles. The van der Waals surface area contributed by atoms with Gasteiger partial charge in [0.15, 0.2) is 6.29 Å². The van der Waals surface area contributed by atoms with Crippen LogP contribution in [0, 0.1) is 0 Å². The highest BCUT2D eigenvalue weighted by atomic mass is 32.2. The molecule has 0 aromatic heterocycles. The van der Waals surface area contributed by atoms with Crippen molar-refractivity contribution in [2.24, 2.45) is 5.73 Å². The Hall–Kier alpha value is -0.830. The van der Waals surface area contributed by atoms with Gasteiger partial charge in [0.25, 0.3) is 0 Å². The predicted molar refractivity (Wildman–Crippen MR) is 58.8 cm³/mol. The molecule has 7 nitrogen and oxygen atoms in total. The molecule has 2 atom stereocenters. The Kier molecular flexibility index (Phi) is 7.06. The lowest BCUT2D eigenvalue weighted by Gasteiger charge is -2.17. The summed E-state index contributed by atoms with van der Waals surface area (Å²) in [6.45, 7) is 0. The van der Waals surface area contributed by atoms with Crippen molar-refractivity contribution in [2.45, 2.75) is 24.0 Å². The van der Waals surface area contributed by atoms with Crippen LogP contribution in [0.25, 0.3) is 0 Å². The van der Waals surface area contributed by atoms with Gasteiger partial charge >= 0.3 is 5.97 Å². The highest BCUT2D eigenvalue weighted by molar-refractivity contribution is 8.00. The second-order valence-electron chi connectivity index (χ2n) is 3.10. The molecule has 0 saturated carbocycles. The number of hydrogen-bond acceptors (Lipinski definition) is 6. The van der Waals surface area contributed by atoms with Gasteiger partial charge in [-0.2, -0.15) is 0 Å². The van der Waals surface area contributed by atoms with Gasteiger partial charge in [-0.3, -0.25) is 9.59 Å². The summed E-state index contributed by atoms with van der Waals surface area (Å²) in [6.07, 6.45) is -1.78. The van der Waals surface area contributed by atoms with Crippen LogP contribution in [0.5, 0.6) is 0 Å². The maximum Gasteiger partial charge on any atom is 0.321 e. The zero-order valence-electron chi connectivity index (χ0n) is 8.79. The molecule has 94 valence electrons. The van der Waals surface area contributed by atoms with E-state index in [1.807, 2.05) is 0 Å². The molecule has 0 fully saturated rings. The zero-order valence-corrected chi connectivity index (χ0v) is 9.61. The topological polar surface area (TPSA) is 133 Å². The van der Waals surface area contributed by atoms with E-state index in [1.54, 1.807) is 0 Å². The minimum absolute atomic E-state index is 0.0279. The molecule has 0 bridgehead atoms. The summed E-state index contributed by atoms with van der Waals surface area (Å²) in [5.74, 6) is -1.52. The second kappa shape index (κ2) is 7.44. The van der Waals surface area contributed by atoms with E-state index in [1.165, 1.54) is 7.05 Å². The number of thioether (sulfide) groups is 1. The number of hydrogen-bond donors (Lipinski definition) is 5. The number of carboxylic acids is 1. The van der Waals surface area contributed by atoms with E-state index in [-0.39, 0.29) is 12.2 Å². The van der Waals surface area contributed by atoms with Gasteiger partial charge < -0.3 is 26.4 Å². The minimum atomic E-state index is -1.61. The van der Waals surface area contributed by atoms with E-state index < -0.39 is 29.5 Å². The minimum Gasteiger partial charge on any atom is -0.480 e. The third kappa shape index (κ3) is 5.91. The number of aliphatic carboxylic acids is 1. The molecule has 0 aliphatic heterocycles. The molecule has 0 spiro atoms. The number of nitrogens with one attached hydrogen (secondary N) is 1. The molecular formula is C8H16N2O5S. The molecule has 1 amide bonds. The molecule has 0 aliphatic carbocycles. The summed E-state index contributed by atoms with van der Waals surface area (Å²) >= 11 is 0.981. The van der Waals surface area contributed by atoms with Crippen LogP contribution < -0.4 is 11.1 Å². The third-order valence-electron chi connectivity index (χ3n) is 1.76. The molecule has 16 heavy (non-hydrogen) atoms. The summed E-state index contributed by atoms with van der Waals surface area (Å²) in [7, 11) is 1.41. The van der Waals surface area contributed by atoms with Crippen LogP contribution in [0.4, 0.5) is 0 Å². The third-order valence-corrected chi connectivity index (χ3v) is 3.12. The fourth-order valence-corrected chi connectivity index (χ4v) is 2.05. The van der Waals surface area contributed by atoms with Gasteiger partial charge in [-0.25, -0.2) is 0 Å². The fourth-order valence-electron chi connectivity index (χ4n) is 0.894. The van der Waals surface area contributed by atoms with E-state index >= 15 is 0 Å². The monoisotopic (exact) mass is 252 g/mol. The maximum absolute atomic E-state index is 11.3. The first-order valence-corrected chi connectivity index (χ1v) is 5.61. The van der Waals surface area contributed by atoms with Crippen LogP contribution in [0.3, 0.4) is 0 Å². The van der Waals surface area contributed by atoms with Crippen LogP contribution in [0.1, 0.15) is 6.42 Å². The normalized spacial score (nSPS) is 14.6. The van der Waals surface area contributed by atoms with Crippen molar-refractivity contribution in [2.75, 3.05) is 12.8 Å². The molecule has 0 heterocycles. The van der Waals surface area contributed by atoms with Crippen molar-refractivity contribution in [1.82, 2.24) is 5.32 Å². The lowest BCUT2D eigenvalue weighted by atomic mass is 10.3. The summed E-state index contributed by atoms with van der Waals surface area (Å²) in [6, 6.07) is -1.08. The van der Waals surface area contributed by atoms with Gasteiger partial charge in [0.1, 0.15) is 6.04 Å². The number of aliphatic hydroxyl groups is 2. The second-order valence-corrected chi connectivity index (χ2v) is 4.33. The van der Waals surface area contributed by atoms with Crippen LogP contribution in [0.2, 0.25) is 0 Å². The molecule has 0 rings (SSSR count). The Morgan fingerprint density at radius 3 is 2.38 bits per heavy atom. The number of amides is 1. The molecular weight excluding hydrogens is 236 g/mol. The van der Waals surface area contributed by atoms with E-state index in [2.05, 4.69) is 5.32 Å². The number of carbonyl (C=O) groups is 2. The number of carboxylic acid groups (broad SMARTS) is 1. The van der Waals surface area contributed by atoms with Crippen LogP contribution in [0.15, 0.2) is 0 Å². The predicted octanol–water partition coefficient (Wildman–Crippen LogP) is -2.05. The lowest BCUT2D eigenvalue weighted by molar-refractivity contribution is -0.138. The Bertz CT molecular complexity index is 249. The van der Waals surface area contributed by atoms with Gasteiger partial charge in [0, 0.05) is 19.2 Å². The molecule has 8 heteroatoms. The Morgan fingerprint density at radius 1 is 1.44 bits per heavy atom. The van der Waals surface area contributed by atoms with Crippen molar-refractivity contribution in [1.29, 1.82) is 0 Å². The Labute approximate surface area is 97.0 Å². The first kappa shape index (κ1) is 15.2. The molecule has 0 aromatic rings. The zero-order chi connectivity index (χ0) is 12.7. The van der Waals surface area contributed by atoms with E-state index in [0.717, 1.165) is 11.8 Å². The first-order valence-electron chi connectivity index (χ1n) is 4.56. The number of nitrogens with two attached hydrogens (primary N) is 1. The van der Waals surface area contributed by atoms with Gasteiger partial charge in [0.2, 0.25) is 5.91 Å². The van der Waals surface area contributed by atoms with Crippen molar-refractivity contribution >= 4 is 23.6 Å². The van der Waals surface area contributed by atoms with Gasteiger partial charge in [-0.1, -0.05) is 0 Å². The van der Waals surface area contributed by atoms with Crippen molar-refractivity contribution in [3.05, 3.63) is 0 Å². The van der Waals surface area contributed by atoms with E-state index in [4.69, 9.17) is 21.1 Å². The van der Waals surface area contributed by atoms with Gasteiger partial charge in [-0.15, -0.1) is 11.8 Å². The Balaban J connectivity index is 4.21. The quantitative estimate of drug-likeness (QED) is 0.329. The van der Waals surface area contributed by atoms with Crippen molar-refractivity contribution in [3.8, 4) is 0 Å².